The minimum absolute atomic E-state index is 0.00622. The largest absolute Gasteiger partial charge is 0.486 e. The number of nitrogens with zero attached hydrogens (tertiary/aromatic N) is 1. The standard InChI is InChI=1S/C17H23NO4S/c1-2-14-5-3-4-6-16(14)22-15-10-18(11-15)17(19)9-13-7-8-23(20,21)12-13/h3-6,13,15H,2,7-12H2,1H3. The van der Waals surface area contributed by atoms with Gasteiger partial charge in [-0.15, -0.1) is 0 Å². The Morgan fingerprint density at radius 3 is 2.70 bits per heavy atom. The molecule has 0 radical (unpaired) electrons. The van der Waals surface area contributed by atoms with Crippen LogP contribution in [0.15, 0.2) is 24.3 Å². The van der Waals surface area contributed by atoms with E-state index in [9.17, 15) is 13.2 Å². The third-order valence-electron chi connectivity index (χ3n) is 4.64. The van der Waals surface area contributed by atoms with Crippen LogP contribution < -0.4 is 4.74 Å². The van der Waals surface area contributed by atoms with Crippen LogP contribution in [0.5, 0.6) is 5.75 Å². The van der Waals surface area contributed by atoms with Gasteiger partial charge in [0.25, 0.3) is 0 Å². The van der Waals surface area contributed by atoms with Gasteiger partial charge in [-0.25, -0.2) is 8.42 Å². The molecule has 1 atom stereocenters. The highest BCUT2D eigenvalue weighted by Crippen LogP contribution is 2.26. The predicted octanol–water partition coefficient (Wildman–Crippen LogP) is 1.66. The SMILES string of the molecule is CCc1ccccc1OC1CN(C(=O)CC2CCS(=O)(=O)C2)C1. The van der Waals surface area contributed by atoms with Crippen molar-refractivity contribution in [3.05, 3.63) is 29.8 Å². The fourth-order valence-corrected chi connectivity index (χ4v) is 5.08. The van der Waals surface area contributed by atoms with Crippen molar-refractivity contribution in [3.8, 4) is 5.75 Å². The molecule has 2 heterocycles. The van der Waals surface area contributed by atoms with Gasteiger partial charge < -0.3 is 9.64 Å². The maximum Gasteiger partial charge on any atom is 0.223 e. The number of benzene rings is 1. The summed E-state index contributed by atoms with van der Waals surface area (Å²) < 4.78 is 28.9. The van der Waals surface area contributed by atoms with Gasteiger partial charge in [0.05, 0.1) is 24.6 Å². The number of amides is 1. The normalized spacial score (nSPS) is 23.5. The summed E-state index contributed by atoms with van der Waals surface area (Å²) in [6.45, 7) is 3.28. The summed E-state index contributed by atoms with van der Waals surface area (Å²) in [5.41, 5.74) is 1.17. The number of aryl methyl sites for hydroxylation is 1. The summed E-state index contributed by atoms with van der Waals surface area (Å²) in [6, 6.07) is 7.97. The van der Waals surface area contributed by atoms with Gasteiger partial charge in [0.2, 0.25) is 5.91 Å². The number of ether oxygens (including phenoxy) is 1. The Labute approximate surface area is 137 Å². The second-order valence-electron chi connectivity index (χ2n) is 6.47. The van der Waals surface area contributed by atoms with Gasteiger partial charge in [-0.3, -0.25) is 4.79 Å². The zero-order chi connectivity index (χ0) is 16.4. The minimum Gasteiger partial charge on any atom is -0.486 e. The van der Waals surface area contributed by atoms with Gasteiger partial charge in [0.1, 0.15) is 11.9 Å². The predicted molar refractivity (Wildman–Crippen MR) is 88.2 cm³/mol. The fourth-order valence-electron chi connectivity index (χ4n) is 3.22. The Balaban J connectivity index is 1.46. The van der Waals surface area contributed by atoms with E-state index in [0.717, 1.165) is 12.2 Å². The summed E-state index contributed by atoms with van der Waals surface area (Å²) in [7, 11) is -2.91. The first kappa shape index (κ1) is 16.3. The van der Waals surface area contributed by atoms with Crippen LogP contribution in [0.4, 0.5) is 0 Å². The average molecular weight is 337 g/mol. The summed E-state index contributed by atoms with van der Waals surface area (Å²) in [6.07, 6.45) is 1.92. The Morgan fingerprint density at radius 2 is 2.04 bits per heavy atom. The summed E-state index contributed by atoms with van der Waals surface area (Å²) >= 11 is 0. The van der Waals surface area contributed by atoms with Crippen LogP contribution in [0, 0.1) is 5.92 Å². The first-order chi connectivity index (χ1) is 11.0. The zero-order valence-electron chi connectivity index (χ0n) is 13.4. The molecule has 2 fully saturated rings. The van der Waals surface area contributed by atoms with E-state index in [1.807, 2.05) is 18.2 Å². The second-order valence-corrected chi connectivity index (χ2v) is 8.70. The lowest BCUT2D eigenvalue weighted by Crippen LogP contribution is -2.56. The molecule has 6 heteroatoms. The van der Waals surface area contributed by atoms with E-state index in [1.165, 1.54) is 5.56 Å². The molecule has 2 saturated heterocycles. The molecule has 23 heavy (non-hydrogen) atoms. The van der Waals surface area contributed by atoms with Crippen molar-refractivity contribution < 1.29 is 17.9 Å². The lowest BCUT2D eigenvalue weighted by atomic mass is 10.0. The molecule has 0 spiro atoms. The number of para-hydroxylation sites is 1. The maximum absolute atomic E-state index is 12.2. The molecule has 1 unspecified atom stereocenters. The van der Waals surface area contributed by atoms with Crippen LogP contribution in [0.2, 0.25) is 0 Å². The van der Waals surface area contributed by atoms with E-state index < -0.39 is 9.84 Å². The maximum atomic E-state index is 12.2. The highest BCUT2D eigenvalue weighted by molar-refractivity contribution is 7.91. The van der Waals surface area contributed by atoms with Crippen LogP contribution in [0.25, 0.3) is 0 Å². The van der Waals surface area contributed by atoms with Crippen LogP contribution in [-0.2, 0) is 21.1 Å². The van der Waals surface area contributed by atoms with Crippen molar-refractivity contribution in [2.24, 2.45) is 5.92 Å². The summed E-state index contributed by atoms with van der Waals surface area (Å²) in [4.78, 5) is 14.0. The minimum atomic E-state index is -2.91. The molecule has 1 aromatic rings. The molecule has 0 aromatic heterocycles. The van der Waals surface area contributed by atoms with Crippen molar-refractivity contribution in [2.75, 3.05) is 24.6 Å². The zero-order valence-corrected chi connectivity index (χ0v) is 14.2. The molecule has 1 aromatic carbocycles. The lowest BCUT2D eigenvalue weighted by Gasteiger charge is -2.39. The Bertz CT molecular complexity index is 680. The molecule has 126 valence electrons. The number of carbonyl (C=O) groups excluding carboxylic acids is 1. The number of hydrogen-bond donors (Lipinski definition) is 0. The molecule has 3 rings (SSSR count). The van der Waals surface area contributed by atoms with Gasteiger partial charge in [0, 0.05) is 6.42 Å². The number of likely N-dealkylation sites (tertiary alicyclic amines) is 1. The average Bonchev–Trinajstić information content (AvgIpc) is 2.81. The van der Waals surface area contributed by atoms with Crippen LogP contribution in [0.1, 0.15) is 25.3 Å². The monoisotopic (exact) mass is 337 g/mol. The molecule has 5 nitrogen and oxygen atoms in total. The van der Waals surface area contributed by atoms with Gasteiger partial charge in [-0.05, 0) is 30.4 Å². The third kappa shape index (κ3) is 3.86. The Morgan fingerprint density at radius 1 is 1.30 bits per heavy atom. The van der Waals surface area contributed by atoms with E-state index in [-0.39, 0.29) is 29.4 Å². The molecule has 0 aliphatic carbocycles. The molecular formula is C17H23NO4S. The van der Waals surface area contributed by atoms with Crippen molar-refractivity contribution in [1.29, 1.82) is 0 Å². The molecule has 2 aliphatic heterocycles. The van der Waals surface area contributed by atoms with Crippen LogP contribution in [-0.4, -0.2) is 49.9 Å². The van der Waals surface area contributed by atoms with Crippen LogP contribution >= 0.6 is 0 Å². The highest BCUT2D eigenvalue weighted by atomic mass is 32.2. The van der Waals surface area contributed by atoms with Crippen molar-refractivity contribution in [3.63, 3.8) is 0 Å². The van der Waals surface area contributed by atoms with E-state index >= 15 is 0 Å². The highest BCUT2D eigenvalue weighted by Gasteiger charge is 2.36. The van der Waals surface area contributed by atoms with Gasteiger partial charge >= 0.3 is 0 Å². The second kappa shape index (κ2) is 6.51. The van der Waals surface area contributed by atoms with E-state index in [1.54, 1.807) is 4.90 Å². The van der Waals surface area contributed by atoms with Gasteiger partial charge in [-0.2, -0.15) is 0 Å². The number of carbonyl (C=O) groups is 1. The number of rotatable bonds is 5. The molecular weight excluding hydrogens is 314 g/mol. The fraction of sp³-hybridized carbons (Fsp3) is 0.588. The van der Waals surface area contributed by atoms with Gasteiger partial charge in [-0.1, -0.05) is 25.1 Å². The topological polar surface area (TPSA) is 63.7 Å². The smallest absolute Gasteiger partial charge is 0.223 e. The number of sulfone groups is 1. The van der Waals surface area contributed by atoms with E-state index in [0.29, 0.717) is 25.9 Å². The first-order valence-corrected chi connectivity index (χ1v) is 10.0. The first-order valence-electron chi connectivity index (χ1n) is 8.19. The molecule has 0 bridgehead atoms. The van der Waals surface area contributed by atoms with Gasteiger partial charge in [0.15, 0.2) is 9.84 Å². The van der Waals surface area contributed by atoms with Crippen LogP contribution in [0.3, 0.4) is 0 Å². The third-order valence-corrected chi connectivity index (χ3v) is 6.47. The van der Waals surface area contributed by atoms with Crippen molar-refractivity contribution in [1.82, 2.24) is 4.90 Å². The summed E-state index contributed by atoms with van der Waals surface area (Å²) in [5.74, 6) is 1.33. The van der Waals surface area contributed by atoms with Crippen molar-refractivity contribution >= 4 is 15.7 Å². The molecule has 0 saturated carbocycles. The molecule has 0 N–H and O–H groups in total. The summed E-state index contributed by atoms with van der Waals surface area (Å²) in [5, 5.41) is 0. The Kier molecular flexibility index (Phi) is 4.62. The molecule has 2 aliphatic rings. The molecule has 1 amide bonds. The van der Waals surface area contributed by atoms with Crippen molar-refractivity contribution in [2.45, 2.75) is 32.3 Å². The quantitative estimate of drug-likeness (QED) is 0.820. The number of hydrogen-bond acceptors (Lipinski definition) is 4. The lowest BCUT2D eigenvalue weighted by molar-refractivity contribution is -0.140. The Hall–Kier alpha value is -1.56. The van der Waals surface area contributed by atoms with E-state index in [2.05, 4.69) is 13.0 Å². The van der Waals surface area contributed by atoms with E-state index in [4.69, 9.17) is 4.74 Å².